The maximum absolute atomic E-state index is 4.92. The second-order valence-electron chi connectivity index (χ2n) is 7.04. The summed E-state index contributed by atoms with van der Waals surface area (Å²) in [7, 11) is 0. The van der Waals surface area contributed by atoms with E-state index >= 15 is 0 Å². The second-order valence-corrected chi connectivity index (χ2v) is 8.15. The van der Waals surface area contributed by atoms with Gasteiger partial charge < -0.3 is 0 Å². The highest BCUT2D eigenvalue weighted by atomic mass is 32.1. The summed E-state index contributed by atoms with van der Waals surface area (Å²) in [4.78, 5) is 17.6. The molecule has 1 saturated heterocycles. The van der Waals surface area contributed by atoms with E-state index in [0.717, 1.165) is 29.2 Å². The molecule has 3 heterocycles. The molecule has 1 aliphatic rings. The van der Waals surface area contributed by atoms with Gasteiger partial charge in [-0.1, -0.05) is 13.8 Å². The predicted octanol–water partition coefficient (Wildman–Crippen LogP) is 4.34. The van der Waals surface area contributed by atoms with Crippen LogP contribution >= 0.6 is 11.3 Å². The van der Waals surface area contributed by atoms with Crippen LogP contribution in [0.15, 0.2) is 18.6 Å². The van der Waals surface area contributed by atoms with Crippen molar-refractivity contribution in [3.8, 4) is 10.6 Å². The fourth-order valence-electron chi connectivity index (χ4n) is 3.26. The maximum atomic E-state index is 4.92. The van der Waals surface area contributed by atoms with Crippen LogP contribution < -0.4 is 0 Å². The summed E-state index contributed by atoms with van der Waals surface area (Å²) in [6.07, 6.45) is 9.20. The first-order valence-corrected chi connectivity index (χ1v) is 9.39. The molecule has 23 heavy (non-hydrogen) atoms. The highest BCUT2D eigenvalue weighted by Crippen LogP contribution is 2.33. The molecule has 0 bridgehead atoms. The minimum atomic E-state index is 0.408. The van der Waals surface area contributed by atoms with Crippen LogP contribution in [0.4, 0.5) is 0 Å². The van der Waals surface area contributed by atoms with Crippen molar-refractivity contribution in [3.63, 3.8) is 0 Å². The number of likely N-dealkylation sites (tertiary alicyclic amines) is 1. The molecule has 2 aromatic rings. The van der Waals surface area contributed by atoms with E-state index in [-0.39, 0.29) is 0 Å². The molecule has 0 aliphatic carbocycles. The smallest absolute Gasteiger partial charge is 0.100 e. The highest BCUT2D eigenvalue weighted by Gasteiger charge is 2.29. The Morgan fingerprint density at radius 3 is 2.78 bits per heavy atom. The summed E-state index contributed by atoms with van der Waals surface area (Å²) < 4.78 is 0. The number of thiazole rings is 1. The average Bonchev–Trinajstić information content (AvgIpc) is 3.15. The second kappa shape index (κ2) is 7.05. The topological polar surface area (TPSA) is 41.9 Å². The Morgan fingerprint density at radius 2 is 2.04 bits per heavy atom. The molecule has 3 rings (SSSR count). The molecule has 0 radical (unpaired) electrons. The van der Waals surface area contributed by atoms with Crippen LogP contribution in [0, 0.1) is 5.92 Å². The molecule has 1 aliphatic heterocycles. The molecule has 1 atom stereocenters. The van der Waals surface area contributed by atoms with E-state index in [2.05, 4.69) is 42.6 Å². The summed E-state index contributed by atoms with van der Waals surface area (Å²) in [5.74, 6) is 0.629. The lowest BCUT2D eigenvalue weighted by Gasteiger charge is -2.27. The van der Waals surface area contributed by atoms with Crippen LogP contribution in [0.5, 0.6) is 0 Å². The van der Waals surface area contributed by atoms with Crippen molar-refractivity contribution >= 4 is 11.3 Å². The number of nitrogens with zero attached hydrogens (tertiary/aromatic N) is 4. The van der Waals surface area contributed by atoms with Crippen LogP contribution in [0.1, 0.15) is 57.3 Å². The molecular weight excluding hydrogens is 304 g/mol. The fourth-order valence-corrected chi connectivity index (χ4v) is 4.34. The van der Waals surface area contributed by atoms with Gasteiger partial charge >= 0.3 is 0 Å². The van der Waals surface area contributed by atoms with E-state index in [4.69, 9.17) is 4.98 Å². The fraction of sp³-hybridized carbons (Fsp3) is 0.611. The third-order valence-electron chi connectivity index (χ3n) is 4.34. The molecule has 0 spiro atoms. The van der Waals surface area contributed by atoms with Crippen molar-refractivity contribution < 1.29 is 0 Å². The number of hydrogen-bond donors (Lipinski definition) is 0. The molecule has 0 N–H and O–H groups in total. The van der Waals surface area contributed by atoms with Crippen molar-refractivity contribution in [1.82, 2.24) is 19.9 Å². The van der Waals surface area contributed by atoms with Gasteiger partial charge in [-0.3, -0.25) is 9.88 Å². The van der Waals surface area contributed by atoms with Crippen LogP contribution in [0.2, 0.25) is 0 Å². The zero-order valence-electron chi connectivity index (χ0n) is 14.5. The maximum Gasteiger partial charge on any atom is 0.100 e. The molecule has 0 saturated carbocycles. The van der Waals surface area contributed by atoms with Crippen LogP contribution in [0.3, 0.4) is 0 Å². The van der Waals surface area contributed by atoms with Gasteiger partial charge in [0.1, 0.15) is 5.69 Å². The molecule has 2 aromatic heterocycles. The van der Waals surface area contributed by atoms with Crippen molar-refractivity contribution in [2.45, 2.75) is 59.0 Å². The number of hydrogen-bond acceptors (Lipinski definition) is 5. The van der Waals surface area contributed by atoms with E-state index < -0.39 is 0 Å². The Hall–Kier alpha value is -1.33. The lowest BCUT2D eigenvalue weighted by atomic mass is 10.1. The van der Waals surface area contributed by atoms with Gasteiger partial charge in [0, 0.05) is 18.7 Å². The standard InChI is InChI=1S/C18H26N4S/c1-12(2)8-18-20-11-17(23-18)15-10-19-9-14(21-15)16-6-5-7-22(16)13(3)4/h9-13,16H,5-8H2,1-4H3/t16-/m1/s1. The van der Waals surface area contributed by atoms with Crippen LogP contribution in [-0.4, -0.2) is 32.4 Å². The van der Waals surface area contributed by atoms with Gasteiger partial charge in [0.15, 0.2) is 0 Å². The minimum Gasteiger partial charge on any atom is -0.292 e. The van der Waals surface area contributed by atoms with Crippen molar-refractivity contribution in [1.29, 1.82) is 0 Å². The Balaban J connectivity index is 1.84. The highest BCUT2D eigenvalue weighted by molar-refractivity contribution is 7.15. The minimum absolute atomic E-state index is 0.408. The van der Waals surface area contributed by atoms with Gasteiger partial charge in [0.25, 0.3) is 0 Å². The normalized spacial score (nSPS) is 19.1. The third-order valence-corrected chi connectivity index (χ3v) is 5.38. The third kappa shape index (κ3) is 3.78. The average molecular weight is 331 g/mol. The summed E-state index contributed by atoms with van der Waals surface area (Å²) in [6.45, 7) is 10.1. The van der Waals surface area contributed by atoms with Gasteiger partial charge in [0.2, 0.25) is 0 Å². The molecule has 124 valence electrons. The zero-order valence-corrected chi connectivity index (χ0v) is 15.3. The van der Waals surface area contributed by atoms with Crippen LogP contribution in [0.25, 0.3) is 10.6 Å². The largest absolute Gasteiger partial charge is 0.292 e. The first-order chi connectivity index (χ1) is 11.0. The van der Waals surface area contributed by atoms with Crippen molar-refractivity contribution in [2.75, 3.05) is 6.54 Å². The zero-order chi connectivity index (χ0) is 16.4. The number of rotatable bonds is 5. The first-order valence-electron chi connectivity index (χ1n) is 8.57. The molecular formula is C18H26N4S. The molecule has 0 amide bonds. The molecule has 1 fully saturated rings. The van der Waals surface area contributed by atoms with Crippen molar-refractivity contribution in [2.24, 2.45) is 5.92 Å². The molecule has 0 aromatic carbocycles. The van der Waals surface area contributed by atoms with Gasteiger partial charge in [0.05, 0.1) is 34.0 Å². The summed E-state index contributed by atoms with van der Waals surface area (Å²) in [5.41, 5.74) is 2.07. The Labute approximate surface area is 143 Å². The van der Waals surface area contributed by atoms with Crippen LogP contribution in [-0.2, 0) is 6.42 Å². The lowest BCUT2D eigenvalue weighted by molar-refractivity contribution is 0.202. The monoisotopic (exact) mass is 330 g/mol. The Kier molecular flexibility index (Phi) is 5.07. The van der Waals surface area contributed by atoms with Gasteiger partial charge in [-0.2, -0.15) is 0 Å². The predicted molar refractivity (Wildman–Crippen MR) is 95.5 cm³/mol. The van der Waals surface area contributed by atoms with E-state index in [0.29, 0.717) is 18.0 Å². The summed E-state index contributed by atoms with van der Waals surface area (Å²) in [5, 5.41) is 1.19. The van der Waals surface area contributed by atoms with E-state index in [1.54, 1.807) is 11.3 Å². The SMILES string of the molecule is CC(C)Cc1ncc(-c2cncc([C@H]3CCCN3C(C)C)n2)s1. The van der Waals surface area contributed by atoms with Gasteiger partial charge in [-0.25, -0.2) is 9.97 Å². The summed E-state index contributed by atoms with van der Waals surface area (Å²) >= 11 is 1.75. The Morgan fingerprint density at radius 1 is 1.22 bits per heavy atom. The number of aromatic nitrogens is 3. The lowest BCUT2D eigenvalue weighted by Crippen LogP contribution is -2.30. The molecule has 5 heteroatoms. The first kappa shape index (κ1) is 16.5. The van der Waals surface area contributed by atoms with E-state index in [9.17, 15) is 0 Å². The van der Waals surface area contributed by atoms with Gasteiger partial charge in [-0.15, -0.1) is 11.3 Å². The van der Waals surface area contributed by atoms with E-state index in [1.807, 2.05) is 18.6 Å². The summed E-state index contributed by atoms with van der Waals surface area (Å²) in [6, 6.07) is 0.958. The molecule has 4 nitrogen and oxygen atoms in total. The van der Waals surface area contributed by atoms with E-state index in [1.165, 1.54) is 17.8 Å². The van der Waals surface area contributed by atoms with Crippen molar-refractivity contribution in [3.05, 3.63) is 29.3 Å². The molecule has 0 unspecified atom stereocenters. The van der Waals surface area contributed by atoms with Gasteiger partial charge in [-0.05, 0) is 39.2 Å². The quantitative estimate of drug-likeness (QED) is 0.817. The Bertz CT molecular complexity index is 650.